The molecule has 0 saturated heterocycles. The highest BCUT2D eigenvalue weighted by Crippen LogP contribution is 2.28. The molecule has 0 fully saturated rings. The second-order valence-corrected chi connectivity index (χ2v) is 12.3. The van der Waals surface area contributed by atoms with Crippen LogP contribution in [0, 0.1) is 20.8 Å². The number of rotatable bonds is 12. The van der Waals surface area contributed by atoms with Crippen molar-refractivity contribution in [3.05, 3.63) is 95.1 Å². The van der Waals surface area contributed by atoms with Gasteiger partial charge in [-0.15, -0.1) is 0 Å². The Hall–Kier alpha value is -3.65. The predicted molar refractivity (Wildman–Crippen MR) is 161 cm³/mol. The van der Waals surface area contributed by atoms with Gasteiger partial charge in [0.2, 0.25) is 11.8 Å². The topological polar surface area (TPSA) is 86.8 Å². The van der Waals surface area contributed by atoms with E-state index in [0.29, 0.717) is 12.1 Å². The Morgan fingerprint density at radius 1 is 0.875 bits per heavy atom. The average molecular weight is 564 g/mol. The number of benzene rings is 3. The van der Waals surface area contributed by atoms with Gasteiger partial charge in [-0.3, -0.25) is 13.9 Å². The summed E-state index contributed by atoms with van der Waals surface area (Å²) < 4.78 is 29.2. The van der Waals surface area contributed by atoms with Gasteiger partial charge in [-0.05, 0) is 82.3 Å². The third-order valence-electron chi connectivity index (χ3n) is 7.17. The number of aryl methyl sites for hydroxylation is 3. The van der Waals surface area contributed by atoms with Gasteiger partial charge in [0.25, 0.3) is 10.0 Å². The molecule has 0 spiro atoms. The van der Waals surface area contributed by atoms with Gasteiger partial charge < -0.3 is 10.2 Å². The molecule has 0 bridgehead atoms. The minimum absolute atomic E-state index is 0.0469. The molecular formula is C32H41N3O4S. The molecule has 7 nitrogen and oxygen atoms in total. The van der Waals surface area contributed by atoms with E-state index in [1.165, 1.54) is 9.21 Å². The Kier molecular flexibility index (Phi) is 10.5. The zero-order valence-electron chi connectivity index (χ0n) is 24.3. The van der Waals surface area contributed by atoms with Gasteiger partial charge in [-0.2, -0.15) is 0 Å². The Balaban J connectivity index is 2.01. The van der Waals surface area contributed by atoms with Gasteiger partial charge >= 0.3 is 0 Å². The summed E-state index contributed by atoms with van der Waals surface area (Å²) in [5.41, 5.74) is 4.00. The number of anilines is 1. The molecule has 0 aliphatic heterocycles. The number of nitrogens with one attached hydrogen (secondary N) is 1. The van der Waals surface area contributed by atoms with Crippen LogP contribution in [0.15, 0.2) is 77.7 Å². The van der Waals surface area contributed by atoms with E-state index in [1.54, 1.807) is 37.3 Å². The quantitative estimate of drug-likeness (QED) is 0.329. The summed E-state index contributed by atoms with van der Waals surface area (Å²) in [4.78, 5) is 28.8. The fourth-order valence-corrected chi connectivity index (χ4v) is 5.85. The SMILES string of the molecule is CC[C@H](C)NC(=O)[C@H](C)N(CCc1ccccc1)C(=O)CN(c1cc(C)ccc1C)S(=O)(=O)c1ccc(C)cc1. The van der Waals surface area contributed by atoms with Crippen LogP contribution in [-0.2, 0) is 26.0 Å². The average Bonchev–Trinajstić information content (AvgIpc) is 2.93. The number of hydrogen-bond acceptors (Lipinski definition) is 4. The van der Waals surface area contributed by atoms with E-state index in [-0.39, 0.29) is 23.4 Å². The molecule has 0 aromatic heterocycles. The highest BCUT2D eigenvalue weighted by Gasteiger charge is 2.33. The molecule has 0 heterocycles. The summed E-state index contributed by atoms with van der Waals surface area (Å²) in [6, 6.07) is 21.0. The molecule has 3 aromatic rings. The van der Waals surface area contributed by atoms with Crippen LogP contribution in [0.1, 0.15) is 49.4 Å². The second-order valence-electron chi connectivity index (χ2n) is 10.4. The molecule has 0 aliphatic carbocycles. The van der Waals surface area contributed by atoms with E-state index in [0.717, 1.165) is 28.7 Å². The summed E-state index contributed by atoms with van der Waals surface area (Å²) in [6.45, 7) is 11.0. The molecule has 2 atom stereocenters. The maximum Gasteiger partial charge on any atom is 0.264 e. The van der Waals surface area contributed by atoms with E-state index in [4.69, 9.17) is 0 Å². The number of hydrogen-bond donors (Lipinski definition) is 1. The molecule has 40 heavy (non-hydrogen) atoms. The standard InChI is InChI=1S/C32H41N3O4S/c1-7-26(5)33-32(37)27(6)34(20-19-28-11-9-8-10-12-28)31(36)22-35(30-21-24(3)13-16-25(30)4)40(38,39)29-17-14-23(2)15-18-29/h8-18,21,26-27H,7,19-20,22H2,1-6H3,(H,33,37)/t26-,27-/m0/s1. The van der Waals surface area contributed by atoms with Gasteiger partial charge in [0.1, 0.15) is 12.6 Å². The molecule has 3 rings (SSSR count). The van der Waals surface area contributed by atoms with Crippen molar-refractivity contribution in [2.45, 2.75) is 71.4 Å². The van der Waals surface area contributed by atoms with Gasteiger partial charge in [-0.1, -0.05) is 67.1 Å². The monoisotopic (exact) mass is 563 g/mol. The van der Waals surface area contributed by atoms with E-state index < -0.39 is 28.5 Å². The Labute approximate surface area is 239 Å². The molecule has 0 saturated carbocycles. The smallest absolute Gasteiger partial charge is 0.264 e. The van der Waals surface area contributed by atoms with Crippen LogP contribution in [0.25, 0.3) is 0 Å². The number of carbonyl (C=O) groups excluding carboxylic acids is 2. The molecule has 1 N–H and O–H groups in total. The first-order valence-corrected chi connectivity index (χ1v) is 15.2. The van der Waals surface area contributed by atoms with Crippen molar-refractivity contribution >= 4 is 27.5 Å². The van der Waals surface area contributed by atoms with Crippen LogP contribution in [0.4, 0.5) is 5.69 Å². The molecule has 3 aromatic carbocycles. The van der Waals surface area contributed by atoms with E-state index in [1.807, 2.05) is 77.1 Å². The summed E-state index contributed by atoms with van der Waals surface area (Å²) in [6.07, 6.45) is 1.29. The number of amides is 2. The number of sulfonamides is 1. The first-order valence-electron chi connectivity index (χ1n) is 13.7. The number of carbonyl (C=O) groups is 2. The zero-order chi connectivity index (χ0) is 29.4. The van der Waals surface area contributed by atoms with E-state index >= 15 is 0 Å². The predicted octanol–water partition coefficient (Wildman–Crippen LogP) is 5.18. The van der Waals surface area contributed by atoms with Crippen molar-refractivity contribution in [1.82, 2.24) is 10.2 Å². The number of nitrogens with zero attached hydrogens (tertiary/aromatic N) is 2. The first-order chi connectivity index (χ1) is 18.9. The highest BCUT2D eigenvalue weighted by atomic mass is 32.2. The molecule has 0 unspecified atom stereocenters. The third-order valence-corrected chi connectivity index (χ3v) is 8.95. The van der Waals surface area contributed by atoms with Crippen LogP contribution in [0.2, 0.25) is 0 Å². The van der Waals surface area contributed by atoms with Crippen molar-refractivity contribution in [1.29, 1.82) is 0 Å². The minimum atomic E-state index is -4.09. The normalized spacial score (nSPS) is 12.8. The van der Waals surface area contributed by atoms with Crippen LogP contribution < -0.4 is 9.62 Å². The summed E-state index contributed by atoms with van der Waals surface area (Å²) in [5, 5.41) is 2.96. The Bertz CT molecular complexity index is 1410. The molecule has 8 heteroatoms. The van der Waals surface area contributed by atoms with Crippen LogP contribution in [0.5, 0.6) is 0 Å². The molecule has 214 valence electrons. The van der Waals surface area contributed by atoms with E-state index in [9.17, 15) is 18.0 Å². The Morgan fingerprint density at radius 2 is 1.50 bits per heavy atom. The highest BCUT2D eigenvalue weighted by molar-refractivity contribution is 7.92. The van der Waals surface area contributed by atoms with Crippen molar-refractivity contribution < 1.29 is 18.0 Å². The van der Waals surface area contributed by atoms with Crippen LogP contribution in [0.3, 0.4) is 0 Å². The maximum absolute atomic E-state index is 14.0. The first kappa shape index (κ1) is 30.9. The van der Waals surface area contributed by atoms with Crippen LogP contribution in [-0.4, -0.2) is 50.3 Å². The second kappa shape index (κ2) is 13.6. The van der Waals surface area contributed by atoms with Crippen molar-refractivity contribution in [3.8, 4) is 0 Å². The van der Waals surface area contributed by atoms with Gasteiger partial charge in [0.15, 0.2) is 0 Å². The van der Waals surface area contributed by atoms with Gasteiger partial charge in [0.05, 0.1) is 10.6 Å². The lowest BCUT2D eigenvalue weighted by atomic mass is 10.1. The fraction of sp³-hybridized carbons (Fsp3) is 0.375. The van der Waals surface area contributed by atoms with E-state index in [2.05, 4.69) is 5.32 Å². The molecule has 0 aliphatic rings. The molecule has 0 radical (unpaired) electrons. The van der Waals surface area contributed by atoms with Crippen molar-refractivity contribution in [2.75, 3.05) is 17.4 Å². The molecule has 2 amide bonds. The summed E-state index contributed by atoms with van der Waals surface area (Å²) in [5.74, 6) is -0.713. The maximum atomic E-state index is 14.0. The minimum Gasteiger partial charge on any atom is -0.352 e. The summed E-state index contributed by atoms with van der Waals surface area (Å²) >= 11 is 0. The zero-order valence-corrected chi connectivity index (χ0v) is 25.2. The van der Waals surface area contributed by atoms with Crippen LogP contribution >= 0.6 is 0 Å². The van der Waals surface area contributed by atoms with Gasteiger partial charge in [0, 0.05) is 12.6 Å². The Morgan fingerprint density at radius 3 is 2.12 bits per heavy atom. The molecular weight excluding hydrogens is 522 g/mol. The lowest BCUT2D eigenvalue weighted by Crippen LogP contribution is -2.53. The van der Waals surface area contributed by atoms with Crippen molar-refractivity contribution in [3.63, 3.8) is 0 Å². The third kappa shape index (κ3) is 7.72. The summed E-state index contributed by atoms with van der Waals surface area (Å²) in [7, 11) is -4.09. The fourth-order valence-electron chi connectivity index (χ4n) is 4.37. The largest absolute Gasteiger partial charge is 0.352 e. The lowest BCUT2D eigenvalue weighted by molar-refractivity contribution is -0.139. The van der Waals surface area contributed by atoms with Gasteiger partial charge in [-0.25, -0.2) is 8.42 Å². The van der Waals surface area contributed by atoms with Crippen molar-refractivity contribution in [2.24, 2.45) is 0 Å². The lowest BCUT2D eigenvalue weighted by Gasteiger charge is -2.33.